The lowest BCUT2D eigenvalue weighted by molar-refractivity contribution is -0.00758. The van der Waals surface area contributed by atoms with E-state index in [0.717, 1.165) is 12.8 Å². The third-order valence-corrected chi connectivity index (χ3v) is 3.40. The van der Waals surface area contributed by atoms with E-state index in [9.17, 15) is 8.78 Å². The summed E-state index contributed by atoms with van der Waals surface area (Å²) in [5, 5.41) is 12.1. The molecule has 2 nitrogen and oxygen atoms in total. The summed E-state index contributed by atoms with van der Waals surface area (Å²) in [6.07, 6.45) is -0.671. The third kappa shape index (κ3) is 3.68. The predicted octanol–water partition coefficient (Wildman–Crippen LogP) is 2.03. The number of aliphatic hydroxyl groups excluding tert-OH is 1. The molecular formula is C11H21F2NO. The highest BCUT2D eigenvalue weighted by Crippen LogP contribution is 2.28. The molecule has 0 aromatic rings. The second-order valence-corrected chi connectivity index (χ2v) is 4.72. The number of alkyl halides is 2. The van der Waals surface area contributed by atoms with E-state index in [-0.39, 0.29) is 12.6 Å². The van der Waals surface area contributed by atoms with E-state index in [1.165, 1.54) is 6.42 Å². The quantitative estimate of drug-likeness (QED) is 0.761. The standard InChI is InChI=1S/C11H21F2NO/c1-7-4-3-5-8(2)10(7)14-6-9(15)11(12)13/h7-11,14-15H,3-6H2,1-2H3. The molecule has 1 saturated carbocycles. The minimum Gasteiger partial charge on any atom is -0.386 e. The lowest BCUT2D eigenvalue weighted by Crippen LogP contribution is -2.46. The van der Waals surface area contributed by atoms with Crippen molar-refractivity contribution in [3.63, 3.8) is 0 Å². The van der Waals surface area contributed by atoms with E-state index < -0.39 is 12.5 Å². The van der Waals surface area contributed by atoms with Crippen molar-refractivity contribution in [3.8, 4) is 0 Å². The first-order chi connectivity index (χ1) is 7.02. The summed E-state index contributed by atoms with van der Waals surface area (Å²) in [4.78, 5) is 0. The summed E-state index contributed by atoms with van der Waals surface area (Å²) >= 11 is 0. The Labute approximate surface area is 90.1 Å². The number of hydrogen-bond donors (Lipinski definition) is 2. The van der Waals surface area contributed by atoms with Crippen molar-refractivity contribution in [2.45, 2.75) is 51.7 Å². The molecule has 0 spiro atoms. The minimum absolute atomic E-state index is 0.00296. The lowest BCUT2D eigenvalue weighted by atomic mass is 9.79. The molecule has 90 valence electrons. The van der Waals surface area contributed by atoms with Crippen LogP contribution in [-0.4, -0.2) is 30.2 Å². The van der Waals surface area contributed by atoms with Crippen LogP contribution in [0.1, 0.15) is 33.1 Å². The molecule has 3 atom stereocenters. The first kappa shape index (κ1) is 12.8. The molecule has 1 rings (SSSR count). The molecule has 15 heavy (non-hydrogen) atoms. The van der Waals surface area contributed by atoms with Crippen LogP contribution in [0.3, 0.4) is 0 Å². The van der Waals surface area contributed by atoms with Crippen LogP contribution in [0.5, 0.6) is 0 Å². The Morgan fingerprint density at radius 2 is 1.80 bits per heavy atom. The topological polar surface area (TPSA) is 32.3 Å². The molecule has 0 aromatic heterocycles. The fourth-order valence-electron chi connectivity index (χ4n) is 2.43. The van der Waals surface area contributed by atoms with Gasteiger partial charge in [0.1, 0.15) is 6.10 Å². The van der Waals surface area contributed by atoms with Gasteiger partial charge in [-0.05, 0) is 24.7 Å². The molecule has 0 aromatic carbocycles. The monoisotopic (exact) mass is 221 g/mol. The van der Waals surface area contributed by atoms with Gasteiger partial charge in [0.15, 0.2) is 0 Å². The molecule has 1 fully saturated rings. The summed E-state index contributed by atoms with van der Waals surface area (Å²) in [6, 6.07) is 0.271. The van der Waals surface area contributed by atoms with Gasteiger partial charge >= 0.3 is 0 Å². The van der Waals surface area contributed by atoms with Crippen LogP contribution < -0.4 is 5.32 Å². The lowest BCUT2D eigenvalue weighted by Gasteiger charge is -2.35. The van der Waals surface area contributed by atoms with Gasteiger partial charge in [-0.1, -0.05) is 20.3 Å². The van der Waals surface area contributed by atoms with Crippen molar-refractivity contribution in [2.75, 3.05) is 6.54 Å². The Morgan fingerprint density at radius 3 is 2.27 bits per heavy atom. The first-order valence-corrected chi connectivity index (χ1v) is 5.72. The molecule has 3 unspecified atom stereocenters. The van der Waals surface area contributed by atoms with Gasteiger partial charge < -0.3 is 10.4 Å². The van der Waals surface area contributed by atoms with Gasteiger partial charge in [0, 0.05) is 12.6 Å². The molecule has 1 aliphatic carbocycles. The zero-order valence-corrected chi connectivity index (χ0v) is 9.42. The van der Waals surface area contributed by atoms with Crippen LogP contribution >= 0.6 is 0 Å². The summed E-state index contributed by atoms with van der Waals surface area (Å²) in [7, 11) is 0. The molecular weight excluding hydrogens is 200 g/mol. The van der Waals surface area contributed by atoms with Crippen molar-refractivity contribution in [2.24, 2.45) is 11.8 Å². The van der Waals surface area contributed by atoms with Crippen LogP contribution in [0.2, 0.25) is 0 Å². The fourth-order valence-corrected chi connectivity index (χ4v) is 2.43. The molecule has 1 aliphatic rings. The normalized spacial score (nSPS) is 34.4. The van der Waals surface area contributed by atoms with Crippen molar-refractivity contribution in [1.82, 2.24) is 5.32 Å². The Kier molecular flexibility index (Phi) is 4.93. The van der Waals surface area contributed by atoms with Crippen molar-refractivity contribution < 1.29 is 13.9 Å². The van der Waals surface area contributed by atoms with Gasteiger partial charge in [-0.2, -0.15) is 0 Å². The van der Waals surface area contributed by atoms with E-state index in [1.54, 1.807) is 0 Å². The maximum Gasteiger partial charge on any atom is 0.265 e. The number of rotatable bonds is 4. The van der Waals surface area contributed by atoms with Crippen molar-refractivity contribution in [1.29, 1.82) is 0 Å². The largest absolute Gasteiger partial charge is 0.386 e. The summed E-state index contributed by atoms with van der Waals surface area (Å²) in [5.74, 6) is 1.03. The maximum absolute atomic E-state index is 12.1. The molecule has 2 N–H and O–H groups in total. The predicted molar refractivity (Wildman–Crippen MR) is 56.0 cm³/mol. The Morgan fingerprint density at radius 1 is 1.27 bits per heavy atom. The van der Waals surface area contributed by atoms with Gasteiger partial charge in [0.05, 0.1) is 0 Å². The van der Waals surface area contributed by atoms with Gasteiger partial charge in [0.25, 0.3) is 6.43 Å². The van der Waals surface area contributed by atoms with Crippen molar-refractivity contribution >= 4 is 0 Å². The van der Waals surface area contributed by atoms with Gasteiger partial charge in [-0.25, -0.2) is 8.78 Å². The summed E-state index contributed by atoms with van der Waals surface area (Å²) in [5.41, 5.74) is 0. The second kappa shape index (κ2) is 5.75. The average Bonchev–Trinajstić information content (AvgIpc) is 2.16. The Hall–Kier alpha value is -0.220. The van der Waals surface area contributed by atoms with Crippen molar-refractivity contribution in [3.05, 3.63) is 0 Å². The average molecular weight is 221 g/mol. The van der Waals surface area contributed by atoms with E-state index in [4.69, 9.17) is 5.11 Å². The summed E-state index contributed by atoms with van der Waals surface area (Å²) in [6.45, 7) is 4.28. The number of halogens is 2. The molecule has 0 aliphatic heterocycles. The first-order valence-electron chi connectivity index (χ1n) is 5.72. The maximum atomic E-state index is 12.1. The third-order valence-electron chi connectivity index (χ3n) is 3.40. The molecule has 0 saturated heterocycles. The molecule has 0 amide bonds. The molecule has 0 radical (unpaired) electrons. The van der Waals surface area contributed by atoms with E-state index in [1.807, 2.05) is 0 Å². The van der Waals surface area contributed by atoms with E-state index in [0.29, 0.717) is 11.8 Å². The highest BCUT2D eigenvalue weighted by atomic mass is 19.3. The number of hydrogen-bond acceptors (Lipinski definition) is 2. The zero-order valence-electron chi connectivity index (χ0n) is 9.42. The van der Waals surface area contributed by atoms with Crippen LogP contribution in [0.15, 0.2) is 0 Å². The Bertz CT molecular complexity index is 179. The van der Waals surface area contributed by atoms with Crippen LogP contribution in [-0.2, 0) is 0 Å². The molecule has 0 heterocycles. The second-order valence-electron chi connectivity index (χ2n) is 4.72. The van der Waals surface area contributed by atoms with E-state index >= 15 is 0 Å². The van der Waals surface area contributed by atoms with Crippen LogP contribution in [0.4, 0.5) is 8.78 Å². The van der Waals surface area contributed by atoms with Crippen LogP contribution in [0.25, 0.3) is 0 Å². The molecule has 0 bridgehead atoms. The van der Waals surface area contributed by atoms with Gasteiger partial charge in [0.2, 0.25) is 0 Å². The Balaban J connectivity index is 2.35. The summed E-state index contributed by atoms with van der Waals surface area (Å²) < 4.78 is 24.2. The SMILES string of the molecule is CC1CCCC(C)C1NCC(O)C(F)F. The number of nitrogens with one attached hydrogen (secondary N) is 1. The number of aliphatic hydroxyl groups is 1. The van der Waals surface area contributed by atoms with Gasteiger partial charge in [-0.15, -0.1) is 0 Å². The van der Waals surface area contributed by atoms with Gasteiger partial charge in [-0.3, -0.25) is 0 Å². The highest BCUT2D eigenvalue weighted by Gasteiger charge is 2.28. The van der Waals surface area contributed by atoms with E-state index in [2.05, 4.69) is 19.2 Å². The molecule has 4 heteroatoms. The highest BCUT2D eigenvalue weighted by molar-refractivity contribution is 4.84. The smallest absolute Gasteiger partial charge is 0.265 e. The zero-order chi connectivity index (χ0) is 11.4. The minimum atomic E-state index is -2.65. The fraction of sp³-hybridized carbons (Fsp3) is 1.00. The van der Waals surface area contributed by atoms with Crippen LogP contribution in [0, 0.1) is 11.8 Å².